The molecular weight excluding hydrogens is 222 g/mol. The maximum Gasteiger partial charge on any atom is 0.419 e. The van der Waals surface area contributed by atoms with E-state index in [0.717, 1.165) is 17.1 Å². The van der Waals surface area contributed by atoms with Crippen molar-refractivity contribution in [1.82, 2.24) is 4.31 Å². The molecule has 0 aliphatic heterocycles. The fourth-order valence-electron chi connectivity index (χ4n) is 1.49. The van der Waals surface area contributed by atoms with E-state index in [2.05, 4.69) is 19.7 Å². The van der Waals surface area contributed by atoms with Crippen molar-refractivity contribution < 1.29 is 9.53 Å². The van der Waals surface area contributed by atoms with Crippen molar-refractivity contribution in [3.05, 3.63) is 0 Å². The Morgan fingerprint density at radius 2 is 1.56 bits per heavy atom. The predicted octanol–water partition coefficient (Wildman–Crippen LogP) is 4.04. The summed E-state index contributed by atoms with van der Waals surface area (Å²) in [4.78, 5) is 11.0. The number of carbonyl (C=O) groups is 1. The highest BCUT2D eigenvalue weighted by atomic mass is 32.1. The average molecular weight is 247 g/mol. The van der Waals surface area contributed by atoms with E-state index in [-0.39, 0.29) is 6.09 Å². The third-order valence-corrected chi connectivity index (χ3v) is 2.65. The summed E-state index contributed by atoms with van der Waals surface area (Å²) in [6.45, 7) is 2.74. The normalized spacial score (nSPS) is 10.2. The molecule has 0 N–H and O–H groups in total. The van der Waals surface area contributed by atoms with Crippen LogP contribution >= 0.6 is 12.8 Å². The van der Waals surface area contributed by atoms with Crippen molar-refractivity contribution in [1.29, 1.82) is 0 Å². The molecule has 0 aromatic rings. The monoisotopic (exact) mass is 247 g/mol. The largest absolute Gasteiger partial charge is 0.449 e. The van der Waals surface area contributed by atoms with Gasteiger partial charge in [-0.25, -0.2) is 4.79 Å². The molecule has 3 nitrogen and oxygen atoms in total. The van der Waals surface area contributed by atoms with Crippen LogP contribution in [0.3, 0.4) is 0 Å². The van der Waals surface area contributed by atoms with E-state index in [1.165, 1.54) is 38.5 Å². The van der Waals surface area contributed by atoms with Gasteiger partial charge in [0.25, 0.3) is 0 Å². The van der Waals surface area contributed by atoms with Gasteiger partial charge < -0.3 is 4.74 Å². The van der Waals surface area contributed by atoms with E-state index in [1.807, 2.05) is 0 Å². The average Bonchev–Trinajstić information content (AvgIpc) is 2.26. The van der Waals surface area contributed by atoms with Gasteiger partial charge in [-0.15, -0.1) is 0 Å². The van der Waals surface area contributed by atoms with Crippen LogP contribution in [0.2, 0.25) is 0 Å². The molecule has 0 saturated heterocycles. The summed E-state index contributed by atoms with van der Waals surface area (Å²) in [6.07, 6.45) is 9.64. The second-order valence-corrected chi connectivity index (χ2v) is 4.71. The van der Waals surface area contributed by atoms with Gasteiger partial charge in [0.15, 0.2) is 0 Å². The lowest BCUT2D eigenvalue weighted by Gasteiger charge is -2.09. The lowest BCUT2D eigenvalue weighted by atomic mass is 10.1. The number of rotatable bonds is 9. The molecule has 0 rings (SSSR count). The molecule has 96 valence electrons. The first-order chi connectivity index (χ1) is 7.68. The van der Waals surface area contributed by atoms with Crippen LogP contribution in [0.5, 0.6) is 0 Å². The van der Waals surface area contributed by atoms with Gasteiger partial charge in [-0.3, -0.25) is 4.31 Å². The number of amides is 1. The third-order valence-electron chi connectivity index (χ3n) is 2.49. The van der Waals surface area contributed by atoms with Crippen LogP contribution in [-0.4, -0.2) is 24.1 Å². The van der Waals surface area contributed by atoms with Crippen molar-refractivity contribution in [3.8, 4) is 0 Å². The fourth-order valence-corrected chi connectivity index (χ4v) is 1.55. The molecule has 0 bridgehead atoms. The van der Waals surface area contributed by atoms with Crippen molar-refractivity contribution in [2.75, 3.05) is 13.7 Å². The molecule has 4 heteroatoms. The predicted molar refractivity (Wildman–Crippen MR) is 70.7 cm³/mol. The van der Waals surface area contributed by atoms with Gasteiger partial charge >= 0.3 is 6.09 Å². The number of unbranched alkanes of at least 4 members (excludes halogenated alkanes) is 7. The van der Waals surface area contributed by atoms with Crippen LogP contribution in [0, 0.1) is 0 Å². The quantitative estimate of drug-likeness (QED) is 0.492. The topological polar surface area (TPSA) is 29.5 Å². The zero-order valence-corrected chi connectivity index (χ0v) is 11.5. The van der Waals surface area contributed by atoms with Crippen LogP contribution < -0.4 is 0 Å². The van der Waals surface area contributed by atoms with E-state index in [4.69, 9.17) is 4.74 Å². The Hall–Kier alpha value is -0.380. The van der Waals surface area contributed by atoms with Gasteiger partial charge in [0.05, 0.1) is 6.61 Å². The summed E-state index contributed by atoms with van der Waals surface area (Å²) in [6, 6.07) is 0. The Bertz CT molecular complexity index is 174. The van der Waals surface area contributed by atoms with Gasteiger partial charge in [-0.2, -0.15) is 0 Å². The summed E-state index contributed by atoms with van der Waals surface area (Å²) in [5.74, 6) is 0. The third kappa shape index (κ3) is 10.1. The molecule has 0 aromatic carbocycles. The van der Waals surface area contributed by atoms with E-state index in [9.17, 15) is 4.79 Å². The molecule has 0 heterocycles. The van der Waals surface area contributed by atoms with Crippen LogP contribution in [0.1, 0.15) is 58.3 Å². The lowest BCUT2D eigenvalue weighted by molar-refractivity contribution is 0.131. The molecule has 0 saturated carbocycles. The van der Waals surface area contributed by atoms with Gasteiger partial charge in [-0.05, 0) is 6.42 Å². The standard InChI is InChI=1S/C12H25NO2S/c1-3-4-5-6-7-8-9-10-11-15-12(14)13(2)16/h16H,3-11H2,1-2H3. The first-order valence-electron chi connectivity index (χ1n) is 6.27. The number of thiol groups is 1. The SMILES string of the molecule is CCCCCCCCCCOC(=O)N(C)S. The molecule has 16 heavy (non-hydrogen) atoms. The number of ether oxygens (including phenoxy) is 1. The zero-order valence-electron chi connectivity index (χ0n) is 10.6. The second kappa shape index (κ2) is 11.1. The minimum atomic E-state index is -0.369. The molecule has 0 aliphatic carbocycles. The van der Waals surface area contributed by atoms with Crippen molar-refractivity contribution in [2.24, 2.45) is 0 Å². The Balaban J connectivity index is 3.07. The molecular formula is C12H25NO2S. The second-order valence-electron chi connectivity index (χ2n) is 4.11. The van der Waals surface area contributed by atoms with Crippen molar-refractivity contribution in [2.45, 2.75) is 58.3 Å². The molecule has 0 atom stereocenters. The molecule has 0 aliphatic rings. The first kappa shape index (κ1) is 15.6. The number of carbonyl (C=O) groups excluding carboxylic acids is 1. The summed E-state index contributed by atoms with van der Waals surface area (Å²) in [7, 11) is 1.57. The Morgan fingerprint density at radius 3 is 2.06 bits per heavy atom. The smallest absolute Gasteiger partial charge is 0.419 e. The minimum Gasteiger partial charge on any atom is -0.449 e. The van der Waals surface area contributed by atoms with Crippen LogP contribution in [-0.2, 0) is 4.74 Å². The fraction of sp³-hybridized carbons (Fsp3) is 0.917. The summed E-state index contributed by atoms with van der Waals surface area (Å²) < 4.78 is 6.12. The van der Waals surface area contributed by atoms with Crippen molar-refractivity contribution in [3.63, 3.8) is 0 Å². The molecule has 0 aromatic heterocycles. The molecule has 0 radical (unpaired) electrons. The maximum absolute atomic E-state index is 11.0. The molecule has 0 fully saturated rings. The highest BCUT2D eigenvalue weighted by molar-refractivity contribution is 7.78. The Labute approximate surface area is 105 Å². The van der Waals surface area contributed by atoms with Crippen LogP contribution in [0.15, 0.2) is 0 Å². The summed E-state index contributed by atoms with van der Waals surface area (Å²) >= 11 is 3.84. The van der Waals surface area contributed by atoms with E-state index >= 15 is 0 Å². The molecule has 1 amide bonds. The number of hydrogen-bond donors (Lipinski definition) is 1. The van der Waals surface area contributed by atoms with Gasteiger partial charge in [0.2, 0.25) is 0 Å². The Kier molecular flexibility index (Phi) is 10.9. The molecule has 0 spiro atoms. The number of nitrogens with zero attached hydrogens (tertiary/aromatic N) is 1. The highest BCUT2D eigenvalue weighted by Gasteiger charge is 2.03. The van der Waals surface area contributed by atoms with E-state index in [1.54, 1.807) is 7.05 Å². The van der Waals surface area contributed by atoms with E-state index in [0.29, 0.717) is 6.61 Å². The highest BCUT2D eigenvalue weighted by Crippen LogP contribution is 2.08. The first-order valence-corrected chi connectivity index (χ1v) is 6.67. The van der Waals surface area contributed by atoms with Crippen LogP contribution in [0.25, 0.3) is 0 Å². The van der Waals surface area contributed by atoms with Crippen LogP contribution in [0.4, 0.5) is 4.79 Å². The van der Waals surface area contributed by atoms with Gasteiger partial charge in [0, 0.05) is 7.05 Å². The van der Waals surface area contributed by atoms with E-state index < -0.39 is 0 Å². The minimum absolute atomic E-state index is 0.369. The molecule has 0 unspecified atom stereocenters. The van der Waals surface area contributed by atoms with Gasteiger partial charge in [0.1, 0.15) is 0 Å². The van der Waals surface area contributed by atoms with Gasteiger partial charge in [-0.1, -0.05) is 64.7 Å². The summed E-state index contributed by atoms with van der Waals surface area (Å²) in [5, 5.41) is 0. The number of hydrogen-bond acceptors (Lipinski definition) is 3. The Morgan fingerprint density at radius 1 is 1.06 bits per heavy atom. The maximum atomic E-state index is 11.0. The van der Waals surface area contributed by atoms with Crippen molar-refractivity contribution >= 4 is 18.9 Å². The lowest BCUT2D eigenvalue weighted by Crippen LogP contribution is -2.18. The zero-order chi connectivity index (χ0) is 12.2. The summed E-state index contributed by atoms with van der Waals surface area (Å²) in [5.41, 5.74) is 0.